The summed E-state index contributed by atoms with van der Waals surface area (Å²) in [5.41, 5.74) is 5.20. The van der Waals surface area contributed by atoms with E-state index in [-0.39, 0.29) is 19.1 Å². The third-order valence-corrected chi connectivity index (χ3v) is 6.24. The van der Waals surface area contributed by atoms with E-state index in [1.807, 2.05) is 48.3 Å². The van der Waals surface area contributed by atoms with Crippen LogP contribution in [0.25, 0.3) is 10.8 Å². The average Bonchev–Trinajstić information content (AvgIpc) is 3.49. The summed E-state index contributed by atoms with van der Waals surface area (Å²) in [5.74, 6) is -0.226. The number of hydrogen-bond acceptors (Lipinski definition) is 5. The first-order valence-corrected chi connectivity index (χ1v) is 12.3. The van der Waals surface area contributed by atoms with Crippen LogP contribution < -0.4 is 5.32 Å². The summed E-state index contributed by atoms with van der Waals surface area (Å²) in [7, 11) is 1.59. The van der Waals surface area contributed by atoms with Crippen LogP contribution in [0.3, 0.4) is 0 Å². The number of carbonyl (C=O) groups is 1. The number of benzene rings is 2. The molecule has 0 unspecified atom stereocenters. The van der Waals surface area contributed by atoms with Crippen molar-refractivity contribution in [2.45, 2.75) is 33.2 Å². The maximum absolute atomic E-state index is 13.0. The standard InChI is InChI=1S/C28H27ClN6O2/c1-19-11-32-34(14-19)15-20-3-5-21(6-4-20)16-35-17-26(27(33-35)18-37-2)28(36)31-13-25-10-23-9-24(29)8-7-22(23)12-30-25/h3-12,14,17H,13,15-16,18H2,1-2H3,(H,31,36). The molecule has 37 heavy (non-hydrogen) atoms. The molecule has 0 aliphatic carbocycles. The van der Waals surface area contributed by atoms with Crippen molar-refractivity contribution in [3.63, 3.8) is 0 Å². The topological polar surface area (TPSA) is 86.9 Å². The number of aromatic nitrogens is 5. The minimum Gasteiger partial charge on any atom is -0.378 e. The Morgan fingerprint density at radius 1 is 0.973 bits per heavy atom. The first kappa shape index (κ1) is 24.7. The number of ether oxygens (including phenoxy) is 1. The van der Waals surface area contributed by atoms with Gasteiger partial charge < -0.3 is 10.1 Å². The molecule has 0 saturated heterocycles. The van der Waals surface area contributed by atoms with E-state index in [2.05, 4.69) is 44.8 Å². The summed E-state index contributed by atoms with van der Waals surface area (Å²) < 4.78 is 8.98. The number of nitrogens with zero attached hydrogens (tertiary/aromatic N) is 5. The number of pyridine rings is 1. The second-order valence-corrected chi connectivity index (χ2v) is 9.44. The van der Waals surface area contributed by atoms with Crippen LogP contribution in [0.1, 0.15) is 38.4 Å². The van der Waals surface area contributed by atoms with E-state index in [1.165, 1.54) is 0 Å². The number of aryl methyl sites for hydroxylation is 1. The van der Waals surface area contributed by atoms with Crippen LogP contribution in [0.4, 0.5) is 0 Å². The van der Waals surface area contributed by atoms with Gasteiger partial charge in [0.25, 0.3) is 5.91 Å². The van der Waals surface area contributed by atoms with E-state index in [1.54, 1.807) is 24.2 Å². The van der Waals surface area contributed by atoms with Crippen molar-refractivity contribution in [3.05, 3.63) is 112 Å². The quantitative estimate of drug-likeness (QED) is 0.306. The van der Waals surface area contributed by atoms with E-state index in [0.717, 1.165) is 39.7 Å². The normalized spacial score (nSPS) is 11.2. The highest BCUT2D eigenvalue weighted by Crippen LogP contribution is 2.19. The first-order valence-electron chi connectivity index (χ1n) is 11.9. The Labute approximate surface area is 219 Å². The van der Waals surface area contributed by atoms with E-state index in [0.29, 0.717) is 22.8 Å². The lowest BCUT2D eigenvalue weighted by Crippen LogP contribution is -2.24. The summed E-state index contributed by atoms with van der Waals surface area (Å²) in [6.07, 6.45) is 7.42. The Balaban J connectivity index is 1.25. The molecule has 1 N–H and O–H groups in total. The average molecular weight is 515 g/mol. The predicted molar refractivity (Wildman–Crippen MR) is 142 cm³/mol. The van der Waals surface area contributed by atoms with Crippen molar-refractivity contribution in [1.29, 1.82) is 0 Å². The summed E-state index contributed by atoms with van der Waals surface area (Å²) in [6.45, 7) is 3.82. The van der Waals surface area contributed by atoms with Gasteiger partial charge in [-0.1, -0.05) is 41.9 Å². The van der Waals surface area contributed by atoms with Gasteiger partial charge in [0, 0.05) is 36.1 Å². The van der Waals surface area contributed by atoms with Crippen molar-refractivity contribution < 1.29 is 9.53 Å². The fourth-order valence-corrected chi connectivity index (χ4v) is 4.35. The molecule has 188 valence electrons. The van der Waals surface area contributed by atoms with Gasteiger partial charge in [-0.3, -0.25) is 19.1 Å². The molecule has 3 heterocycles. The molecule has 8 nitrogen and oxygen atoms in total. The molecule has 2 aromatic carbocycles. The molecule has 9 heteroatoms. The summed E-state index contributed by atoms with van der Waals surface area (Å²) in [6, 6.07) is 15.9. The van der Waals surface area contributed by atoms with Crippen molar-refractivity contribution in [1.82, 2.24) is 29.9 Å². The number of hydrogen-bond donors (Lipinski definition) is 1. The molecule has 5 aromatic rings. The minimum absolute atomic E-state index is 0.226. The highest BCUT2D eigenvalue weighted by atomic mass is 35.5. The third-order valence-electron chi connectivity index (χ3n) is 6.01. The fraction of sp³-hybridized carbons (Fsp3) is 0.214. The van der Waals surface area contributed by atoms with Crippen molar-refractivity contribution in [2.75, 3.05) is 7.11 Å². The van der Waals surface area contributed by atoms with Crippen LogP contribution in [0.15, 0.2) is 73.3 Å². The molecule has 0 aliphatic heterocycles. The highest BCUT2D eigenvalue weighted by Gasteiger charge is 2.17. The molecule has 5 rings (SSSR count). The number of rotatable bonds is 9. The smallest absolute Gasteiger partial charge is 0.255 e. The van der Waals surface area contributed by atoms with E-state index in [4.69, 9.17) is 16.3 Å². The summed E-state index contributed by atoms with van der Waals surface area (Å²) in [4.78, 5) is 17.5. The van der Waals surface area contributed by atoms with Crippen LogP contribution in [-0.4, -0.2) is 37.6 Å². The number of fused-ring (bicyclic) bond motifs is 1. The van der Waals surface area contributed by atoms with Gasteiger partial charge >= 0.3 is 0 Å². The molecule has 0 atom stereocenters. The molecule has 3 aromatic heterocycles. The van der Waals surface area contributed by atoms with Gasteiger partial charge in [-0.25, -0.2) is 0 Å². The summed E-state index contributed by atoms with van der Waals surface area (Å²) in [5, 5.41) is 14.5. The zero-order chi connectivity index (χ0) is 25.8. The number of methoxy groups -OCH3 is 1. The number of amides is 1. The molecular weight excluding hydrogens is 488 g/mol. The van der Waals surface area contributed by atoms with Gasteiger partial charge in [0.2, 0.25) is 0 Å². The first-order chi connectivity index (χ1) is 18.0. The van der Waals surface area contributed by atoms with E-state index < -0.39 is 0 Å². The number of nitrogens with one attached hydrogen (secondary N) is 1. The second kappa shape index (κ2) is 10.9. The van der Waals surface area contributed by atoms with Crippen molar-refractivity contribution in [3.8, 4) is 0 Å². The molecule has 0 saturated carbocycles. The van der Waals surface area contributed by atoms with Gasteiger partial charge in [0.1, 0.15) is 5.69 Å². The summed E-state index contributed by atoms with van der Waals surface area (Å²) >= 11 is 6.11. The highest BCUT2D eigenvalue weighted by molar-refractivity contribution is 6.31. The molecule has 0 spiro atoms. The lowest BCUT2D eigenvalue weighted by atomic mass is 10.1. The zero-order valence-electron chi connectivity index (χ0n) is 20.7. The molecule has 1 amide bonds. The fourth-order valence-electron chi connectivity index (χ4n) is 4.17. The molecule has 0 fully saturated rings. The van der Waals surface area contributed by atoms with Crippen LogP contribution in [0.5, 0.6) is 0 Å². The predicted octanol–water partition coefficient (Wildman–Crippen LogP) is 4.76. The zero-order valence-corrected chi connectivity index (χ0v) is 21.4. The molecule has 0 radical (unpaired) electrons. The molecule has 0 bridgehead atoms. The van der Waals surface area contributed by atoms with Crippen LogP contribution in [0, 0.1) is 6.92 Å². The Morgan fingerprint density at radius 3 is 2.43 bits per heavy atom. The van der Waals surface area contributed by atoms with Gasteiger partial charge in [0.15, 0.2) is 0 Å². The number of halogens is 1. The Morgan fingerprint density at radius 2 is 1.73 bits per heavy atom. The lowest BCUT2D eigenvalue weighted by Gasteiger charge is -2.06. The Bertz CT molecular complexity index is 1540. The molecule has 0 aliphatic rings. The lowest BCUT2D eigenvalue weighted by molar-refractivity contribution is 0.0945. The van der Waals surface area contributed by atoms with E-state index >= 15 is 0 Å². The SMILES string of the molecule is COCc1nn(Cc2ccc(Cn3cc(C)cn3)cc2)cc1C(=O)NCc1cc2cc(Cl)ccc2cn1. The molecular formula is C28H27ClN6O2. The van der Waals surface area contributed by atoms with E-state index in [9.17, 15) is 4.79 Å². The van der Waals surface area contributed by atoms with Crippen molar-refractivity contribution in [2.24, 2.45) is 0 Å². The Kier molecular flexibility index (Phi) is 7.30. The maximum atomic E-state index is 13.0. The third kappa shape index (κ3) is 6.04. The minimum atomic E-state index is -0.226. The Hall–Kier alpha value is -4.01. The largest absolute Gasteiger partial charge is 0.378 e. The van der Waals surface area contributed by atoms with Gasteiger partial charge in [0.05, 0.1) is 43.7 Å². The van der Waals surface area contributed by atoms with Crippen LogP contribution in [-0.2, 0) is 31.0 Å². The monoisotopic (exact) mass is 514 g/mol. The maximum Gasteiger partial charge on any atom is 0.255 e. The van der Waals surface area contributed by atoms with Gasteiger partial charge in [-0.15, -0.1) is 0 Å². The number of carbonyl (C=O) groups excluding carboxylic acids is 1. The van der Waals surface area contributed by atoms with Crippen LogP contribution >= 0.6 is 11.6 Å². The van der Waals surface area contributed by atoms with Gasteiger partial charge in [-0.05, 0) is 47.2 Å². The van der Waals surface area contributed by atoms with Crippen molar-refractivity contribution >= 4 is 28.3 Å². The van der Waals surface area contributed by atoms with Gasteiger partial charge in [-0.2, -0.15) is 10.2 Å². The second-order valence-electron chi connectivity index (χ2n) is 9.00. The van der Waals surface area contributed by atoms with Crippen LogP contribution in [0.2, 0.25) is 5.02 Å².